The minimum absolute atomic E-state index is 0.0307. The first-order valence-corrected chi connectivity index (χ1v) is 3.77. The van der Waals surface area contributed by atoms with Crippen LogP contribution in [0.15, 0.2) is 23.4 Å². The van der Waals surface area contributed by atoms with Gasteiger partial charge in [-0.3, -0.25) is 0 Å². The Morgan fingerprint density at radius 2 is 2.15 bits per heavy atom. The molecule has 0 aliphatic heterocycles. The van der Waals surface area contributed by atoms with Crippen LogP contribution in [0.5, 0.6) is 5.75 Å². The van der Waals surface area contributed by atoms with E-state index in [4.69, 9.17) is 0 Å². The Balaban J connectivity index is 2.60. The predicted molar refractivity (Wildman–Crippen MR) is 43.0 cm³/mol. The van der Waals surface area contributed by atoms with Gasteiger partial charge in [-0.1, -0.05) is 0 Å². The Morgan fingerprint density at radius 3 is 2.69 bits per heavy atom. The summed E-state index contributed by atoms with van der Waals surface area (Å²) in [7, 11) is 0. The molecule has 1 rings (SSSR count). The van der Waals surface area contributed by atoms with Crippen LogP contribution in [0.2, 0.25) is 0 Å². The first-order valence-electron chi connectivity index (χ1n) is 3.32. The van der Waals surface area contributed by atoms with E-state index in [1.54, 1.807) is 0 Å². The molecule has 0 bridgehead atoms. The van der Waals surface area contributed by atoms with Crippen molar-refractivity contribution in [3.05, 3.63) is 18.3 Å². The van der Waals surface area contributed by atoms with E-state index in [0.29, 0.717) is 0 Å². The van der Waals surface area contributed by atoms with Gasteiger partial charge in [0.05, 0.1) is 0 Å². The monoisotopic (exact) mass is 209 g/mol. The first-order chi connectivity index (χ1) is 5.99. The van der Waals surface area contributed by atoms with E-state index in [9.17, 15) is 13.2 Å². The van der Waals surface area contributed by atoms with Crippen molar-refractivity contribution in [3.8, 4) is 5.75 Å². The van der Waals surface area contributed by atoms with Crippen LogP contribution >= 0.6 is 12.6 Å². The number of pyridine rings is 1. The molecular weight excluding hydrogens is 203 g/mol. The Morgan fingerprint density at radius 1 is 1.46 bits per heavy atom. The molecule has 0 saturated carbocycles. The van der Waals surface area contributed by atoms with Gasteiger partial charge in [0.15, 0.2) is 12.4 Å². The highest BCUT2D eigenvalue weighted by molar-refractivity contribution is 7.80. The van der Waals surface area contributed by atoms with E-state index in [-0.39, 0.29) is 10.8 Å². The molecule has 0 aromatic carbocycles. The van der Waals surface area contributed by atoms with Crippen molar-refractivity contribution in [1.82, 2.24) is 4.98 Å². The van der Waals surface area contributed by atoms with E-state index in [1.165, 1.54) is 18.3 Å². The van der Waals surface area contributed by atoms with E-state index >= 15 is 0 Å². The maximum Gasteiger partial charge on any atom is 0.422 e. The number of hydrogen-bond acceptors (Lipinski definition) is 3. The van der Waals surface area contributed by atoms with Crippen LogP contribution in [0.3, 0.4) is 0 Å². The standard InChI is InChI=1S/C7H6F3NOS/c8-7(9,10)4-12-5-2-1-3-11-6(5)13/h1-3H,4H2,(H,11,13). The number of thiol groups is 1. The summed E-state index contributed by atoms with van der Waals surface area (Å²) in [5.74, 6) is 0.0307. The van der Waals surface area contributed by atoms with E-state index in [0.717, 1.165) is 0 Å². The molecule has 0 saturated heterocycles. The number of rotatable bonds is 2. The van der Waals surface area contributed by atoms with Crippen molar-refractivity contribution < 1.29 is 17.9 Å². The van der Waals surface area contributed by atoms with Gasteiger partial charge in [0.2, 0.25) is 0 Å². The summed E-state index contributed by atoms with van der Waals surface area (Å²) in [6, 6.07) is 2.85. The predicted octanol–water partition coefficient (Wildman–Crippen LogP) is 2.31. The third-order valence-electron chi connectivity index (χ3n) is 1.14. The lowest BCUT2D eigenvalue weighted by Crippen LogP contribution is -2.19. The Bertz CT molecular complexity index is 289. The summed E-state index contributed by atoms with van der Waals surface area (Å²) in [4.78, 5) is 3.65. The Kier molecular flexibility index (Phi) is 3.02. The number of ether oxygens (including phenoxy) is 1. The summed E-state index contributed by atoms with van der Waals surface area (Å²) in [5, 5.41) is 0.145. The zero-order valence-electron chi connectivity index (χ0n) is 6.38. The van der Waals surface area contributed by atoms with Crippen LogP contribution in [0.4, 0.5) is 13.2 Å². The van der Waals surface area contributed by atoms with E-state index in [1.807, 2.05) is 0 Å². The summed E-state index contributed by atoms with van der Waals surface area (Å²) in [6.07, 6.45) is -2.92. The maximum absolute atomic E-state index is 11.7. The number of halogens is 3. The van der Waals surface area contributed by atoms with Crippen molar-refractivity contribution in [3.63, 3.8) is 0 Å². The molecule has 13 heavy (non-hydrogen) atoms. The fourth-order valence-electron chi connectivity index (χ4n) is 0.654. The van der Waals surface area contributed by atoms with Gasteiger partial charge in [0.1, 0.15) is 5.03 Å². The zero-order chi connectivity index (χ0) is 9.90. The van der Waals surface area contributed by atoms with Gasteiger partial charge in [-0.15, -0.1) is 12.6 Å². The lowest BCUT2D eigenvalue weighted by molar-refractivity contribution is -0.153. The maximum atomic E-state index is 11.7. The minimum atomic E-state index is -4.34. The fraction of sp³-hybridized carbons (Fsp3) is 0.286. The molecule has 0 N–H and O–H groups in total. The highest BCUT2D eigenvalue weighted by Gasteiger charge is 2.28. The molecule has 1 aromatic rings. The van der Waals surface area contributed by atoms with Crippen LogP contribution in [-0.4, -0.2) is 17.8 Å². The molecule has 0 fully saturated rings. The fourth-order valence-corrected chi connectivity index (χ4v) is 0.860. The largest absolute Gasteiger partial charge is 0.481 e. The number of alkyl halides is 3. The Labute approximate surface area is 78.1 Å². The number of nitrogens with zero attached hydrogens (tertiary/aromatic N) is 1. The SMILES string of the molecule is FC(F)(F)COc1cccnc1S. The molecule has 0 radical (unpaired) electrons. The molecule has 6 heteroatoms. The van der Waals surface area contributed by atoms with Gasteiger partial charge < -0.3 is 4.74 Å². The quantitative estimate of drug-likeness (QED) is 0.755. The summed E-state index contributed by atoms with van der Waals surface area (Å²) in [5.41, 5.74) is 0. The molecule has 0 aliphatic rings. The highest BCUT2D eigenvalue weighted by atomic mass is 32.1. The van der Waals surface area contributed by atoms with E-state index in [2.05, 4.69) is 22.3 Å². The van der Waals surface area contributed by atoms with Crippen molar-refractivity contribution in [2.24, 2.45) is 0 Å². The third kappa shape index (κ3) is 3.54. The topological polar surface area (TPSA) is 22.1 Å². The molecule has 72 valence electrons. The van der Waals surface area contributed by atoms with Gasteiger partial charge in [-0.25, -0.2) is 4.98 Å². The molecule has 0 spiro atoms. The van der Waals surface area contributed by atoms with Crippen LogP contribution in [0.1, 0.15) is 0 Å². The van der Waals surface area contributed by atoms with Crippen molar-refractivity contribution in [2.75, 3.05) is 6.61 Å². The molecule has 0 amide bonds. The number of aromatic nitrogens is 1. The molecular formula is C7H6F3NOS. The molecule has 0 atom stereocenters. The van der Waals surface area contributed by atoms with Crippen LogP contribution < -0.4 is 4.74 Å². The smallest absolute Gasteiger partial charge is 0.422 e. The molecule has 1 aromatic heterocycles. The lowest BCUT2D eigenvalue weighted by atomic mass is 10.5. The van der Waals surface area contributed by atoms with Gasteiger partial charge in [0.25, 0.3) is 0 Å². The average Bonchev–Trinajstić information content (AvgIpc) is 2.01. The lowest BCUT2D eigenvalue weighted by Gasteiger charge is -2.09. The van der Waals surface area contributed by atoms with Crippen molar-refractivity contribution in [1.29, 1.82) is 0 Å². The summed E-state index contributed by atoms with van der Waals surface area (Å²) in [6.45, 7) is -1.33. The summed E-state index contributed by atoms with van der Waals surface area (Å²) < 4.78 is 39.5. The van der Waals surface area contributed by atoms with Crippen LogP contribution in [-0.2, 0) is 0 Å². The Hall–Kier alpha value is -0.910. The third-order valence-corrected chi connectivity index (χ3v) is 1.48. The first kappa shape index (κ1) is 10.2. The molecule has 0 unspecified atom stereocenters. The van der Waals surface area contributed by atoms with Gasteiger partial charge in [-0.05, 0) is 12.1 Å². The molecule has 1 heterocycles. The average molecular weight is 209 g/mol. The summed E-state index contributed by atoms with van der Waals surface area (Å²) >= 11 is 3.82. The van der Waals surface area contributed by atoms with Gasteiger partial charge >= 0.3 is 6.18 Å². The second-order valence-corrected chi connectivity index (χ2v) is 2.65. The molecule has 2 nitrogen and oxygen atoms in total. The van der Waals surface area contributed by atoms with Crippen LogP contribution in [0.25, 0.3) is 0 Å². The van der Waals surface area contributed by atoms with Crippen molar-refractivity contribution >= 4 is 12.6 Å². The number of hydrogen-bond donors (Lipinski definition) is 1. The minimum Gasteiger partial charge on any atom is -0.481 e. The normalized spacial score (nSPS) is 11.4. The second-order valence-electron chi connectivity index (χ2n) is 2.23. The van der Waals surface area contributed by atoms with Crippen molar-refractivity contribution in [2.45, 2.75) is 11.2 Å². The van der Waals surface area contributed by atoms with Crippen LogP contribution in [0, 0.1) is 0 Å². The zero-order valence-corrected chi connectivity index (χ0v) is 7.27. The van der Waals surface area contributed by atoms with Gasteiger partial charge in [0, 0.05) is 6.20 Å². The van der Waals surface area contributed by atoms with E-state index < -0.39 is 12.8 Å². The molecule has 0 aliphatic carbocycles. The second kappa shape index (κ2) is 3.87. The van der Waals surface area contributed by atoms with Gasteiger partial charge in [-0.2, -0.15) is 13.2 Å². The highest BCUT2D eigenvalue weighted by Crippen LogP contribution is 2.22.